The Balaban J connectivity index is 2.00. The van der Waals surface area contributed by atoms with Crippen LogP contribution in [0.25, 0.3) is 0 Å². The van der Waals surface area contributed by atoms with Gasteiger partial charge in [-0.3, -0.25) is 5.32 Å². The van der Waals surface area contributed by atoms with E-state index in [9.17, 15) is 13.6 Å². The van der Waals surface area contributed by atoms with Gasteiger partial charge in [0.15, 0.2) is 5.16 Å². The number of aromatic nitrogens is 2. The summed E-state index contributed by atoms with van der Waals surface area (Å²) in [5.74, 6) is -1.77. The molecule has 1 aromatic rings. The van der Waals surface area contributed by atoms with Crippen LogP contribution < -0.4 is 10.2 Å². The molecule has 10 heteroatoms. The molecule has 0 unspecified atom stereocenters. The minimum atomic E-state index is -2.64. The molecule has 0 atom stereocenters. The van der Waals surface area contributed by atoms with Crippen molar-refractivity contribution in [2.45, 2.75) is 69.1 Å². The summed E-state index contributed by atoms with van der Waals surface area (Å²) >= 11 is 1.36. The Morgan fingerprint density at radius 3 is 2.43 bits per heavy atom. The number of alkyl halides is 2. The molecule has 0 aromatic carbocycles. The minimum Gasteiger partial charge on any atom is -0.444 e. The number of nitrogens with one attached hydrogen (secondary N) is 1. The number of rotatable bonds is 4. The first-order valence-corrected chi connectivity index (χ1v) is 11.5. The first kappa shape index (κ1) is 23.0. The zero-order chi connectivity index (χ0) is 21.9. The number of carbonyl (C=O) groups excluding carboxylic acids is 1. The SMILES string of the molecule is CSc1nc(NC(=O)OC(C)(C)C)c(C2CCC(F)(F)CC2)c(N2CCOCC2)n1. The summed E-state index contributed by atoms with van der Waals surface area (Å²) in [5, 5.41) is 3.28. The molecule has 1 amide bonds. The van der Waals surface area contributed by atoms with Gasteiger partial charge < -0.3 is 14.4 Å². The molecular weight excluding hydrogens is 414 g/mol. The Labute approximate surface area is 180 Å². The summed E-state index contributed by atoms with van der Waals surface area (Å²) in [6.45, 7) is 7.76. The molecule has 7 nitrogen and oxygen atoms in total. The second-order valence-electron chi connectivity index (χ2n) is 8.65. The van der Waals surface area contributed by atoms with E-state index in [4.69, 9.17) is 14.5 Å². The number of nitrogens with zero attached hydrogens (tertiary/aromatic N) is 3. The molecule has 0 spiro atoms. The summed E-state index contributed by atoms with van der Waals surface area (Å²) in [5.41, 5.74) is 0.0515. The highest BCUT2D eigenvalue weighted by Crippen LogP contribution is 2.45. The van der Waals surface area contributed by atoms with E-state index in [0.717, 1.165) is 5.56 Å². The Morgan fingerprint density at radius 1 is 1.23 bits per heavy atom. The summed E-state index contributed by atoms with van der Waals surface area (Å²) < 4.78 is 38.5. The average molecular weight is 445 g/mol. The van der Waals surface area contributed by atoms with E-state index in [0.29, 0.717) is 55.9 Å². The van der Waals surface area contributed by atoms with E-state index in [1.54, 1.807) is 20.8 Å². The van der Waals surface area contributed by atoms with Crippen LogP contribution in [0.3, 0.4) is 0 Å². The van der Waals surface area contributed by atoms with Crippen molar-refractivity contribution in [3.8, 4) is 0 Å². The van der Waals surface area contributed by atoms with Crippen LogP contribution in [0.1, 0.15) is 57.9 Å². The lowest BCUT2D eigenvalue weighted by Crippen LogP contribution is -2.38. The maximum absolute atomic E-state index is 13.8. The Kier molecular flexibility index (Phi) is 7.06. The van der Waals surface area contributed by atoms with Gasteiger partial charge in [-0.15, -0.1) is 0 Å². The number of halogens is 2. The standard InChI is InChI=1S/C20H30F2N4O3S/c1-19(2,3)29-18(27)24-15-14(13-5-7-20(21,22)8-6-13)16(25-17(23-15)30-4)26-9-11-28-12-10-26/h13H,5-12H2,1-4H3,(H,23,24,25,27). The van der Waals surface area contributed by atoms with Crippen molar-refractivity contribution < 1.29 is 23.0 Å². The van der Waals surface area contributed by atoms with E-state index in [1.165, 1.54) is 11.8 Å². The van der Waals surface area contributed by atoms with Crippen molar-refractivity contribution in [1.29, 1.82) is 0 Å². The molecule has 1 N–H and O–H groups in total. The Hall–Kier alpha value is -1.68. The molecule has 168 valence electrons. The molecule has 1 aromatic heterocycles. The number of carbonyl (C=O) groups is 1. The van der Waals surface area contributed by atoms with Crippen LogP contribution in [-0.4, -0.2) is 60.1 Å². The normalized spacial score (nSPS) is 20.1. The molecule has 1 aliphatic heterocycles. The largest absolute Gasteiger partial charge is 0.444 e. The maximum Gasteiger partial charge on any atom is 0.413 e. The van der Waals surface area contributed by atoms with Gasteiger partial charge in [0, 0.05) is 31.5 Å². The van der Waals surface area contributed by atoms with Crippen LogP contribution in [0.15, 0.2) is 5.16 Å². The summed E-state index contributed by atoms with van der Waals surface area (Å²) in [6.07, 6.45) is 1.50. The van der Waals surface area contributed by atoms with Gasteiger partial charge in [0.25, 0.3) is 0 Å². The monoisotopic (exact) mass is 444 g/mol. The summed E-state index contributed by atoms with van der Waals surface area (Å²) in [4.78, 5) is 23.8. The second-order valence-corrected chi connectivity index (χ2v) is 9.43. The van der Waals surface area contributed by atoms with E-state index >= 15 is 0 Å². The molecule has 0 bridgehead atoms. The zero-order valence-corrected chi connectivity index (χ0v) is 18.8. The Morgan fingerprint density at radius 2 is 1.87 bits per heavy atom. The van der Waals surface area contributed by atoms with Gasteiger partial charge in [0.2, 0.25) is 5.92 Å². The van der Waals surface area contributed by atoms with Crippen LogP contribution in [0.2, 0.25) is 0 Å². The number of ether oxygens (including phenoxy) is 2. The van der Waals surface area contributed by atoms with E-state index in [-0.39, 0.29) is 18.8 Å². The zero-order valence-electron chi connectivity index (χ0n) is 18.0. The molecule has 1 saturated carbocycles. The van der Waals surface area contributed by atoms with Gasteiger partial charge in [-0.05, 0) is 45.8 Å². The highest BCUT2D eigenvalue weighted by molar-refractivity contribution is 7.98. The number of morpholine rings is 1. The highest BCUT2D eigenvalue weighted by atomic mass is 32.2. The smallest absolute Gasteiger partial charge is 0.413 e. The van der Waals surface area contributed by atoms with E-state index < -0.39 is 17.6 Å². The lowest BCUT2D eigenvalue weighted by atomic mass is 9.82. The van der Waals surface area contributed by atoms with Crippen molar-refractivity contribution >= 4 is 29.5 Å². The average Bonchev–Trinajstić information content (AvgIpc) is 2.67. The van der Waals surface area contributed by atoms with E-state index in [1.807, 2.05) is 6.26 Å². The van der Waals surface area contributed by atoms with E-state index in [2.05, 4.69) is 15.2 Å². The molecule has 2 aliphatic rings. The number of hydrogen-bond donors (Lipinski definition) is 1. The van der Waals surface area contributed by atoms with Crippen LogP contribution in [0.5, 0.6) is 0 Å². The number of amides is 1. The third-order valence-corrected chi connectivity index (χ3v) is 5.69. The third kappa shape index (κ3) is 5.94. The molecule has 0 radical (unpaired) electrons. The fraction of sp³-hybridized carbons (Fsp3) is 0.750. The van der Waals surface area contributed by atoms with Gasteiger partial charge in [-0.25, -0.2) is 23.5 Å². The minimum absolute atomic E-state index is 0.164. The molecule has 1 aliphatic carbocycles. The van der Waals surface area contributed by atoms with Crippen LogP contribution >= 0.6 is 11.8 Å². The fourth-order valence-corrected chi connectivity index (χ4v) is 4.11. The van der Waals surface area contributed by atoms with Gasteiger partial charge in [-0.1, -0.05) is 11.8 Å². The van der Waals surface area contributed by atoms with Gasteiger partial charge >= 0.3 is 6.09 Å². The second kappa shape index (κ2) is 9.21. The fourth-order valence-electron chi connectivity index (χ4n) is 3.75. The van der Waals surface area contributed by atoms with Crippen LogP contribution in [-0.2, 0) is 9.47 Å². The Bertz CT molecular complexity index is 757. The molecule has 2 fully saturated rings. The van der Waals surface area contributed by atoms with Crippen molar-refractivity contribution in [3.63, 3.8) is 0 Å². The van der Waals surface area contributed by atoms with Gasteiger partial charge in [0.05, 0.1) is 13.2 Å². The lowest BCUT2D eigenvalue weighted by Gasteiger charge is -2.35. The van der Waals surface area contributed by atoms with Crippen LogP contribution in [0, 0.1) is 0 Å². The lowest BCUT2D eigenvalue weighted by molar-refractivity contribution is -0.0382. The summed E-state index contributed by atoms with van der Waals surface area (Å²) in [6, 6.07) is 0. The van der Waals surface area contributed by atoms with Crippen LogP contribution in [0.4, 0.5) is 25.2 Å². The highest BCUT2D eigenvalue weighted by Gasteiger charge is 2.38. The first-order chi connectivity index (χ1) is 14.1. The van der Waals surface area contributed by atoms with Gasteiger partial charge in [0.1, 0.15) is 17.2 Å². The molecule has 2 heterocycles. The molecule has 3 rings (SSSR count). The summed E-state index contributed by atoms with van der Waals surface area (Å²) in [7, 11) is 0. The van der Waals surface area contributed by atoms with Crippen molar-refractivity contribution in [2.75, 3.05) is 42.8 Å². The predicted octanol–water partition coefficient (Wildman–Crippen LogP) is 4.68. The number of thioether (sulfide) groups is 1. The number of hydrogen-bond acceptors (Lipinski definition) is 7. The topological polar surface area (TPSA) is 76.6 Å². The molecule has 30 heavy (non-hydrogen) atoms. The third-order valence-electron chi connectivity index (χ3n) is 5.14. The van der Waals surface area contributed by atoms with Crippen molar-refractivity contribution in [1.82, 2.24) is 9.97 Å². The molecular formula is C20H30F2N4O3S. The first-order valence-electron chi connectivity index (χ1n) is 10.2. The predicted molar refractivity (Wildman–Crippen MR) is 113 cm³/mol. The molecule has 1 saturated heterocycles. The van der Waals surface area contributed by atoms with Gasteiger partial charge in [-0.2, -0.15) is 0 Å². The quantitative estimate of drug-likeness (QED) is 0.534. The van der Waals surface area contributed by atoms with Crippen molar-refractivity contribution in [2.24, 2.45) is 0 Å². The number of anilines is 2. The maximum atomic E-state index is 13.8. The van der Waals surface area contributed by atoms with Crippen molar-refractivity contribution in [3.05, 3.63) is 5.56 Å².